The molecule has 0 bridgehead atoms. The summed E-state index contributed by atoms with van der Waals surface area (Å²) in [6, 6.07) is 13.0. The minimum Gasteiger partial charge on any atom is -0.488 e. The highest BCUT2D eigenvalue weighted by atomic mass is 19.1. The Morgan fingerprint density at radius 3 is 2.71 bits per heavy atom. The fraction of sp³-hybridized carbons (Fsp3) is 0.278. The maximum Gasteiger partial charge on any atom is 0.262 e. The molecule has 2 aromatic rings. The summed E-state index contributed by atoms with van der Waals surface area (Å²) >= 11 is 0. The number of anilines is 1. The van der Waals surface area contributed by atoms with E-state index in [2.05, 4.69) is 5.32 Å². The lowest BCUT2D eigenvalue weighted by Gasteiger charge is -2.12. The smallest absolute Gasteiger partial charge is 0.262 e. The second kappa shape index (κ2) is 7.79. The summed E-state index contributed by atoms with van der Waals surface area (Å²) < 4.78 is 29.6. The highest BCUT2D eigenvalue weighted by Crippen LogP contribution is 2.20. The topological polar surface area (TPSA) is 56.8 Å². The van der Waals surface area contributed by atoms with Gasteiger partial charge in [0.25, 0.3) is 5.91 Å². The fourth-order valence-electron chi connectivity index (χ4n) is 2.32. The van der Waals surface area contributed by atoms with Crippen LogP contribution in [0, 0.1) is 5.82 Å². The Morgan fingerprint density at radius 1 is 1.21 bits per heavy atom. The lowest BCUT2D eigenvalue weighted by Crippen LogP contribution is -2.20. The van der Waals surface area contributed by atoms with Crippen LogP contribution in [-0.2, 0) is 9.53 Å². The zero-order chi connectivity index (χ0) is 16.8. The van der Waals surface area contributed by atoms with Crippen LogP contribution in [0.15, 0.2) is 48.5 Å². The molecule has 1 aliphatic rings. The van der Waals surface area contributed by atoms with Crippen LogP contribution < -0.4 is 14.8 Å². The molecule has 2 aromatic carbocycles. The number of amides is 1. The third kappa shape index (κ3) is 4.45. The predicted octanol–water partition coefficient (Wildman–Crippen LogP) is 3.01. The molecular formula is C18H18FNO4. The van der Waals surface area contributed by atoms with Gasteiger partial charge < -0.3 is 19.5 Å². The molecule has 5 nitrogen and oxygen atoms in total. The molecule has 126 valence electrons. The summed E-state index contributed by atoms with van der Waals surface area (Å²) in [7, 11) is 0. The van der Waals surface area contributed by atoms with E-state index in [-0.39, 0.29) is 24.4 Å². The summed E-state index contributed by atoms with van der Waals surface area (Å²) in [5.74, 6) is -0.0832. The van der Waals surface area contributed by atoms with Crippen molar-refractivity contribution in [1.29, 1.82) is 0 Å². The van der Waals surface area contributed by atoms with Gasteiger partial charge in [-0.05, 0) is 36.4 Å². The highest BCUT2D eigenvalue weighted by Gasteiger charge is 2.17. The molecule has 1 fully saturated rings. The highest BCUT2D eigenvalue weighted by molar-refractivity contribution is 5.91. The molecule has 0 radical (unpaired) electrons. The maximum atomic E-state index is 13.4. The van der Waals surface area contributed by atoms with Gasteiger partial charge in [-0.1, -0.05) is 12.1 Å². The second-order valence-electron chi connectivity index (χ2n) is 5.40. The van der Waals surface area contributed by atoms with Crippen LogP contribution in [0.3, 0.4) is 0 Å². The van der Waals surface area contributed by atoms with Crippen LogP contribution in [0.25, 0.3) is 0 Å². The minimum atomic E-state index is -0.498. The van der Waals surface area contributed by atoms with Crippen LogP contribution in [-0.4, -0.2) is 31.8 Å². The zero-order valence-corrected chi connectivity index (χ0v) is 13.0. The quantitative estimate of drug-likeness (QED) is 0.884. The summed E-state index contributed by atoms with van der Waals surface area (Å²) in [4.78, 5) is 11.9. The van der Waals surface area contributed by atoms with Crippen molar-refractivity contribution in [2.45, 2.75) is 12.5 Å². The maximum absolute atomic E-state index is 13.4. The predicted molar refractivity (Wildman–Crippen MR) is 86.8 cm³/mol. The normalized spacial score (nSPS) is 16.6. The van der Waals surface area contributed by atoms with Crippen LogP contribution in [0.4, 0.5) is 10.1 Å². The fourth-order valence-corrected chi connectivity index (χ4v) is 2.32. The van der Waals surface area contributed by atoms with Crippen LogP contribution in [0.5, 0.6) is 11.5 Å². The van der Waals surface area contributed by atoms with Crippen LogP contribution >= 0.6 is 0 Å². The van der Waals surface area contributed by atoms with E-state index in [0.717, 1.165) is 18.8 Å². The van der Waals surface area contributed by atoms with Crippen molar-refractivity contribution in [1.82, 2.24) is 0 Å². The van der Waals surface area contributed by atoms with Gasteiger partial charge in [0.1, 0.15) is 11.9 Å². The van der Waals surface area contributed by atoms with E-state index in [4.69, 9.17) is 14.2 Å². The first-order chi connectivity index (χ1) is 11.7. The monoisotopic (exact) mass is 331 g/mol. The molecule has 1 heterocycles. The molecule has 0 saturated carbocycles. The molecule has 1 atom stereocenters. The number of carbonyl (C=O) groups excluding carboxylic acids is 1. The van der Waals surface area contributed by atoms with Gasteiger partial charge in [-0.3, -0.25) is 4.79 Å². The largest absolute Gasteiger partial charge is 0.488 e. The number of hydrogen-bond acceptors (Lipinski definition) is 4. The lowest BCUT2D eigenvalue weighted by molar-refractivity contribution is -0.118. The van der Waals surface area contributed by atoms with Crippen molar-refractivity contribution in [2.24, 2.45) is 0 Å². The summed E-state index contributed by atoms with van der Waals surface area (Å²) in [6.45, 7) is 1.06. The van der Waals surface area contributed by atoms with Crippen LogP contribution in [0.1, 0.15) is 6.42 Å². The summed E-state index contributed by atoms with van der Waals surface area (Å²) in [6.07, 6.45) is 0.964. The Kier molecular flexibility index (Phi) is 5.28. The molecular weight excluding hydrogens is 313 g/mol. The summed E-state index contributed by atoms with van der Waals surface area (Å²) in [5.41, 5.74) is 0.618. The molecule has 1 saturated heterocycles. The average Bonchev–Trinajstić information content (AvgIpc) is 3.09. The Balaban J connectivity index is 1.48. The van der Waals surface area contributed by atoms with Gasteiger partial charge in [-0.15, -0.1) is 0 Å². The number of halogens is 1. The van der Waals surface area contributed by atoms with Gasteiger partial charge in [0.15, 0.2) is 18.2 Å². The first-order valence-electron chi connectivity index (χ1n) is 7.72. The summed E-state index contributed by atoms with van der Waals surface area (Å²) in [5, 5.41) is 2.69. The Hall–Kier alpha value is -2.60. The molecule has 1 N–H and O–H groups in total. The van der Waals surface area contributed by atoms with Crippen molar-refractivity contribution in [2.75, 3.05) is 25.1 Å². The second-order valence-corrected chi connectivity index (χ2v) is 5.40. The Morgan fingerprint density at radius 2 is 2.00 bits per heavy atom. The van der Waals surface area contributed by atoms with E-state index in [1.165, 1.54) is 12.1 Å². The number of para-hydroxylation sites is 1. The Bertz CT molecular complexity index is 684. The third-order valence-corrected chi connectivity index (χ3v) is 3.52. The molecule has 24 heavy (non-hydrogen) atoms. The van der Waals surface area contributed by atoms with Gasteiger partial charge in [-0.2, -0.15) is 0 Å². The number of hydrogen-bond donors (Lipinski definition) is 1. The van der Waals surface area contributed by atoms with Crippen molar-refractivity contribution in [3.8, 4) is 11.5 Å². The minimum absolute atomic E-state index is 0.0511. The lowest BCUT2D eigenvalue weighted by atomic mass is 10.3. The van der Waals surface area contributed by atoms with Crippen LogP contribution in [0.2, 0.25) is 0 Å². The first kappa shape index (κ1) is 16.3. The van der Waals surface area contributed by atoms with Gasteiger partial charge in [0, 0.05) is 12.1 Å². The Labute approximate surface area is 139 Å². The molecule has 0 spiro atoms. The first-order valence-corrected chi connectivity index (χ1v) is 7.72. The number of carbonyl (C=O) groups is 1. The van der Waals surface area contributed by atoms with E-state index in [1.807, 2.05) is 0 Å². The van der Waals surface area contributed by atoms with Gasteiger partial charge in [0.2, 0.25) is 0 Å². The zero-order valence-electron chi connectivity index (χ0n) is 13.0. The third-order valence-electron chi connectivity index (χ3n) is 3.52. The molecule has 6 heteroatoms. The van der Waals surface area contributed by atoms with E-state index in [9.17, 15) is 9.18 Å². The van der Waals surface area contributed by atoms with E-state index >= 15 is 0 Å². The molecule has 0 aromatic heterocycles. The number of rotatable bonds is 6. The standard InChI is InChI=1S/C18H18FNO4/c19-16-3-1-2-4-17(16)23-12-18(21)20-13-5-7-14(8-6-13)24-15-9-10-22-11-15/h1-8,15H,9-12H2,(H,20,21). The molecule has 1 unspecified atom stereocenters. The van der Waals surface area contributed by atoms with E-state index in [0.29, 0.717) is 12.3 Å². The average molecular weight is 331 g/mol. The SMILES string of the molecule is O=C(COc1ccccc1F)Nc1ccc(OC2CCOC2)cc1. The van der Waals surface area contributed by atoms with Crippen molar-refractivity contribution < 1.29 is 23.4 Å². The van der Waals surface area contributed by atoms with Gasteiger partial charge in [0.05, 0.1) is 13.2 Å². The molecule has 3 rings (SSSR count). The van der Waals surface area contributed by atoms with Gasteiger partial charge in [-0.25, -0.2) is 4.39 Å². The number of benzene rings is 2. The van der Waals surface area contributed by atoms with Crippen molar-refractivity contribution in [3.63, 3.8) is 0 Å². The molecule has 1 amide bonds. The molecule has 1 aliphatic heterocycles. The molecule has 0 aliphatic carbocycles. The number of nitrogens with one attached hydrogen (secondary N) is 1. The van der Waals surface area contributed by atoms with E-state index in [1.54, 1.807) is 36.4 Å². The van der Waals surface area contributed by atoms with Gasteiger partial charge >= 0.3 is 0 Å². The van der Waals surface area contributed by atoms with Crippen molar-refractivity contribution >= 4 is 11.6 Å². The number of ether oxygens (including phenoxy) is 3. The van der Waals surface area contributed by atoms with Crippen molar-refractivity contribution in [3.05, 3.63) is 54.3 Å². The van der Waals surface area contributed by atoms with E-state index < -0.39 is 5.82 Å².